The van der Waals surface area contributed by atoms with Crippen LogP contribution in [0, 0.1) is 0 Å². The summed E-state index contributed by atoms with van der Waals surface area (Å²) in [6, 6.07) is 16.7. The highest BCUT2D eigenvalue weighted by molar-refractivity contribution is 5.90. The quantitative estimate of drug-likeness (QED) is 0.373. The maximum absolute atomic E-state index is 11.5. The van der Waals surface area contributed by atoms with Gasteiger partial charge in [0.05, 0.1) is 6.61 Å². The van der Waals surface area contributed by atoms with Crippen LogP contribution in [0.25, 0.3) is 17.0 Å². The van der Waals surface area contributed by atoms with Gasteiger partial charge in [0.1, 0.15) is 0 Å². The average molecular weight is 362 g/mol. The second-order valence-electron chi connectivity index (χ2n) is 6.54. The fourth-order valence-corrected chi connectivity index (χ4v) is 3.19. The summed E-state index contributed by atoms with van der Waals surface area (Å²) >= 11 is 0. The third-order valence-corrected chi connectivity index (χ3v) is 4.54. The second kappa shape index (κ2) is 9.19. The summed E-state index contributed by atoms with van der Waals surface area (Å²) in [6.45, 7) is 3.94. The highest BCUT2D eigenvalue weighted by Gasteiger charge is 2.07. The zero-order valence-corrected chi connectivity index (χ0v) is 15.9. The molecule has 0 aliphatic rings. The van der Waals surface area contributed by atoms with Crippen LogP contribution in [-0.2, 0) is 29.5 Å². The van der Waals surface area contributed by atoms with E-state index in [0.717, 1.165) is 25.1 Å². The molecule has 0 spiro atoms. The van der Waals surface area contributed by atoms with Crippen LogP contribution in [0.4, 0.5) is 0 Å². The van der Waals surface area contributed by atoms with Gasteiger partial charge in [-0.1, -0.05) is 36.4 Å². The predicted octanol–water partition coefficient (Wildman–Crippen LogP) is 4.09. The Bertz CT molecular complexity index is 926. The first-order valence-electron chi connectivity index (χ1n) is 9.35. The lowest BCUT2D eigenvalue weighted by Crippen LogP contribution is -2.16. The predicted molar refractivity (Wildman–Crippen MR) is 110 cm³/mol. The number of aryl methyl sites for hydroxylation is 1. The fourth-order valence-electron chi connectivity index (χ4n) is 3.19. The van der Waals surface area contributed by atoms with Crippen molar-refractivity contribution in [1.29, 1.82) is 0 Å². The largest absolute Gasteiger partial charge is 0.463 e. The summed E-state index contributed by atoms with van der Waals surface area (Å²) in [7, 11) is 2.06. The lowest BCUT2D eigenvalue weighted by atomic mass is 10.1. The van der Waals surface area contributed by atoms with Crippen molar-refractivity contribution < 1.29 is 9.53 Å². The fraction of sp³-hybridized carbons (Fsp3) is 0.261. The summed E-state index contributed by atoms with van der Waals surface area (Å²) in [6.07, 6.45) is 6.46. The Labute approximate surface area is 160 Å². The zero-order valence-electron chi connectivity index (χ0n) is 15.9. The molecule has 2 aromatic carbocycles. The van der Waals surface area contributed by atoms with Crippen LogP contribution in [0.3, 0.4) is 0 Å². The number of carbonyl (C=O) groups excluding carboxylic acids is 1. The monoisotopic (exact) mass is 362 g/mol. The van der Waals surface area contributed by atoms with Crippen molar-refractivity contribution in [3.05, 3.63) is 77.5 Å². The van der Waals surface area contributed by atoms with Crippen LogP contribution in [0.15, 0.2) is 60.8 Å². The van der Waals surface area contributed by atoms with E-state index in [1.807, 2.05) is 12.1 Å². The van der Waals surface area contributed by atoms with Crippen molar-refractivity contribution >= 4 is 22.9 Å². The van der Waals surface area contributed by atoms with Gasteiger partial charge >= 0.3 is 5.97 Å². The van der Waals surface area contributed by atoms with Gasteiger partial charge < -0.3 is 14.6 Å². The maximum Gasteiger partial charge on any atom is 0.330 e. The summed E-state index contributed by atoms with van der Waals surface area (Å²) in [5, 5.41) is 4.74. The zero-order chi connectivity index (χ0) is 19.1. The lowest BCUT2D eigenvalue weighted by molar-refractivity contribution is -0.137. The second-order valence-corrected chi connectivity index (χ2v) is 6.54. The Balaban J connectivity index is 1.67. The number of esters is 1. The van der Waals surface area contributed by atoms with Crippen LogP contribution in [0.2, 0.25) is 0 Å². The molecule has 0 amide bonds. The highest BCUT2D eigenvalue weighted by atomic mass is 16.5. The molecule has 1 N–H and O–H groups in total. The van der Waals surface area contributed by atoms with Gasteiger partial charge in [0, 0.05) is 36.8 Å². The number of nitrogens with zero attached hydrogens (tertiary/aromatic N) is 1. The first-order valence-corrected chi connectivity index (χ1v) is 9.35. The van der Waals surface area contributed by atoms with Crippen LogP contribution in [-0.4, -0.2) is 23.7 Å². The van der Waals surface area contributed by atoms with E-state index in [1.165, 1.54) is 28.1 Å². The van der Waals surface area contributed by atoms with Crippen molar-refractivity contribution in [1.82, 2.24) is 9.88 Å². The Morgan fingerprint density at radius 2 is 2.00 bits per heavy atom. The smallest absolute Gasteiger partial charge is 0.330 e. The molecule has 0 unspecified atom stereocenters. The topological polar surface area (TPSA) is 43.3 Å². The van der Waals surface area contributed by atoms with Gasteiger partial charge in [-0.15, -0.1) is 0 Å². The van der Waals surface area contributed by atoms with Gasteiger partial charge in [-0.2, -0.15) is 0 Å². The molecule has 3 aromatic rings. The Kier molecular flexibility index (Phi) is 6.44. The molecule has 1 aromatic heterocycles. The Morgan fingerprint density at radius 3 is 2.78 bits per heavy atom. The van der Waals surface area contributed by atoms with E-state index in [2.05, 4.69) is 59.5 Å². The van der Waals surface area contributed by atoms with Gasteiger partial charge in [-0.05, 0) is 54.8 Å². The SMILES string of the molecule is CCOC(=O)/C=C/c1ccc2c(c1)c(CNCCc1ccccc1)cn2C. The number of aromatic nitrogens is 1. The van der Waals surface area contributed by atoms with Crippen LogP contribution >= 0.6 is 0 Å². The number of carbonyl (C=O) groups is 1. The van der Waals surface area contributed by atoms with E-state index in [-0.39, 0.29) is 5.97 Å². The minimum absolute atomic E-state index is 0.312. The summed E-state index contributed by atoms with van der Waals surface area (Å²) < 4.78 is 7.08. The van der Waals surface area contributed by atoms with E-state index >= 15 is 0 Å². The third kappa shape index (κ3) is 5.08. The first-order chi connectivity index (χ1) is 13.2. The van der Waals surface area contributed by atoms with Gasteiger partial charge in [0.15, 0.2) is 0 Å². The van der Waals surface area contributed by atoms with E-state index in [4.69, 9.17) is 4.74 Å². The highest BCUT2D eigenvalue weighted by Crippen LogP contribution is 2.23. The normalized spacial score (nSPS) is 11.3. The van der Waals surface area contributed by atoms with E-state index in [9.17, 15) is 4.79 Å². The van der Waals surface area contributed by atoms with Crippen molar-refractivity contribution in [3.8, 4) is 0 Å². The number of hydrogen-bond donors (Lipinski definition) is 1. The molecule has 0 saturated heterocycles. The van der Waals surface area contributed by atoms with Crippen molar-refractivity contribution in [2.75, 3.05) is 13.2 Å². The van der Waals surface area contributed by atoms with Crippen LogP contribution in [0.5, 0.6) is 0 Å². The Hall–Kier alpha value is -2.85. The molecule has 0 aliphatic heterocycles. The average Bonchev–Trinajstić information content (AvgIpc) is 3.00. The third-order valence-electron chi connectivity index (χ3n) is 4.54. The minimum Gasteiger partial charge on any atom is -0.463 e. The molecule has 3 rings (SSSR count). The number of hydrogen-bond acceptors (Lipinski definition) is 3. The van der Waals surface area contributed by atoms with Crippen LogP contribution in [0.1, 0.15) is 23.6 Å². The summed E-state index contributed by atoms with van der Waals surface area (Å²) in [5.74, 6) is -0.312. The molecule has 0 radical (unpaired) electrons. The molecule has 0 bridgehead atoms. The number of rotatable bonds is 8. The summed E-state index contributed by atoms with van der Waals surface area (Å²) in [4.78, 5) is 11.5. The van der Waals surface area contributed by atoms with Crippen molar-refractivity contribution in [2.24, 2.45) is 7.05 Å². The molecule has 0 aliphatic carbocycles. The number of benzene rings is 2. The standard InChI is InChI=1S/C23H26N2O2/c1-3-27-23(26)12-10-19-9-11-22-21(15-19)20(17-25(22)2)16-24-14-13-18-7-5-4-6-8-18/h4-12,15,17,24H,3,13-14,16H2,1-2H3/b12-10+. The van der Waals surface area contributed by atoms with Crippen molar-refractivity contribution in [3.63, 3.8) is 0 Å². The van der Waals surface area contributed by atoms with E-state index in [0.29, 0.717) is 6.61 Å². The Morgan fingerprint density at radius 1 is 1.19 bits per heavy atom. The molecule has 4 heteroatoms. The maximum atomic E-state index is 11.5. The van der Waals surface area contributed by atoms with Crippen molar-refractivity contribution in [2.45, 2.75) is 19.9 Å². The molecule has 27 heavy (non-hydrogen) atoms. The van der Waals surface area contributed by atoms with Gasteiger partial charge in [0.25, 0.3) is 0 Å². The van der Waals surface area contributed by atoms with Gasteiger partial charge in [-0.25, -0.2) is 4.79 Å². The molecule has 4 nitrogen and oxygen atoms in total. The molecular weight excluding hydrogens is 336 g/mol. The molecule has 140 valence electrons. The molecular formula is C23H26N2O2. The first kappa shape index (κ1) is 18.9. The molecule has 0 saturated carbocycles. The number of fused-ring (bicyclic) bond motifs is 1. The van der Waals surface area contributed by atoms with Gasteiger partial charge in [-0.3, -0.25) is 0 Å². The van der Waals surface area contributed by atoms with E-state index in [1.54, 1.807) is 13.0 Å². The molecule has 1 heterocycles. The lowest BCUT2D eigenvalue weighted by Gasteiger charge is -2.05. The minimum atomic E-state index is -0.312. The summed E-state index contributed by atoms with van der Waals surface area (Å²) in [5.41, 5.74) is 4.77. The number of nitrogens with one attached hydrogen (secondary N) is 1. The number of ether oxygens (including phenoxy) is 1. The van der Waals surface area contributed by atoms with Gasteiger partial charge in [0.2, 0.25) is 0 Å². The molecule has 0 atom stereocenters. The molecule has 0 fully saturated rings. The van der Waals surface area contributed by atoms with Crippen LogP contribution < -0.4 is 5.32 Å². The van der Waals surface area contributed by atoms with E-state index < -0.39 is 0 Å².